The van der Waals surface area contributed by atoms with E-state index in [1.807, 2.05) is 18.3 Å². The Morgan fingerprint density at radius 1 is 1.23 bits per heavy atom. The van der Waals surface area contributed by atoms with Crippen molar-refractivity contribution < 1.29 is 9.15 Å². The summed E-state index contributed by atoms with van der Waals surface area (Å²) in [6.07, 6.45) is 3.47. The van der Waals surface area contributed by atoms with Crippen LogP contribution in [0.5, 0.6) is 0 Å². The van der Waals surface area contributed by atoms with Gasteiger partial charge in [0.1, 0.15) is 6.10 Å². The van der Waals surface area contributed by atoms with Gasteiger partial charge < -0.3 is 9.15 Å². The summed E-state index contributed by atoms with van der Waals surface area (Å²) in [4.78, 5) is 5.41. The molecule has 6 heteroatoms. The summed E-state index contributed by atoms with van der Waals surface area (Å²) in [5, 5.41) is 8.03. The molecule has 2 fully saturated rings. The molecule has 0 radical (unpaired) electrons. The van der Waals surface area contributed by atoms with E-state index in [4.69, 9.17) is 9.15 Å². The van der Waals surface area contributed by atoms with Gasteiger partial charge in [-0.25, -0.2) is 0 Å². The van der Waals surface area contributed by atoms with E-state index in [1.54, 1.807) is 0 Å². The molecule has 2 aliphatic heterocycles. The van der Waals surface area contributed by atoms with Crippen LogP contribution in [0.4, 0.5) is 0 Å². The quantitative estimate of drug-likeness (QED) is 0.869. The maximum Gasteiger partial charge on any atom is 0.245 e. The maximum atomic E-state index is 6.25. The van der Waals surface area contributed by atoms with Crippen LogP contribution in [0.25, 0.3) is 0 Å². The molecule has 0 aliphatic carbocycles. The number of thiophene rings is 1. The van der Waals surface area contributed by atoms with Crippen LogP contribution in [0.15, 0.2) is 16.5 Å². The Morgan fingerprint density at radius 2 is 2.14 bits per heavy atom. The van der Waals surface area contributed by atoms with Crippen LogP contribution >= 0.6 is 11.3 Å². The zero-order chi connectivity index (χ0) is 15.1. The lowest BCUT2D eigenvalue weighted by Crippen LogP contribution is -2.40. The zero-order valence-corrected chi connectivity index (χ0v) is 13.8. The molecule has 4 heterocycles. The second-order valence-corrected chi connectivity index (χ2v) is 7.61. The Kier molecular flexibility index (Phi) is 3.76. The Hall–Kier alpha value is -1.24. The van der Waals surface area contributed by atoms with E-state index < -0.39 is 0 Å². The SMILES string of the molecule is Cc1nnc([C@@H]2CC[C@@H]3[C@@H](CCN3Cc3ccc(C)s3)O2)o1. The molecule has 4 rings (SSSR count). The Morgan fingerprint density at radius 3 is 2.86 bits per heavy atom. The number of hydrogen-bond donors (Lipinski definition) is 0. The van der Waals surface area contributed by atoms with Crippen LogP contribution in [0.2, 0.25) is 0 Å². The Bertz CT molecular complexity index is 653. The van der Waals surface area contributed by atoms with E-state index in [-0.39, 0.29) is 6.10 Å². The van der Waals surface area contributed by atoms with Crippen LogP contribution in [0.3, 0.4) is 0 Å². The van der Waals surface area contributed by atoms with E-state index in [0.717, 1.165) is 32.4 Å². The molecule has 0 spiro atoms. The van der Waals surface area contributed by atoms with Gasteiger partial charge in [-0.1, -0.05) is 0 Å². The van der Waals surface area contributed by atoms with Crippen molar-refractivity contribution in [2.45, 2.75) is 57.9 Å². The smallest absolute Gasteiger partial charge is 0.245 e. The molecular weight excluding hydrogens is 298 g/mol. The van der Waals surface area contributed by atoms with Crippen LogP contribution in [0, 0.1) is 13.8 Å². The first-order valence-corrected chi connectivity index (χ1v) is 8.75. The summed E-state index contributed by atoms with van der Waals surface area (Å²) in [6.45, 7) is 6.15. The first-order chi connectivity index (χ1) is 10.7. The molecule has 5 nitrogen and oxygen atoms in total. The zero-order valence-electron chi connectivity index (χ0n) is 13.0. The molecule has 0 amide bonds. The molecule has 3 atom stereocenters. The predicted octanol–water partition coefficient (Wildman–Crippen LogP) is 3.24. The lowest BCUT2D eigenvalue weighted by Gasteiger charge is -2.34. The molecule has 118 valence electrons. The molecule has 0 bridgehead atoms. The van der Waals surface area contributed by atoms with Gasteiger partial charge in [0.05, 0.1) is 6.10 Å². The van der Waals surface area contributed by atoms with Crippen molar-refractivity contribution in [2.24, 2.45) is 0 Å². The summed E-state index contributed by atoms with van der Waals surface area (Å²) in [6, 6.07) is 4.99. The van der Waals surface area contributed by atoms with Gasteiger partial charge in [0, 0.05) is 35.8 Å². The fourth-order valence-electron chi connectivity index (χ4n) is 3.61. The van der Waals surface area contributed by atoms with E-state index >= 15 is 0 Å². The van der Waals surface area contributed by atoms with E-state index in [9.17, 15) is 0 Å². The summed E-state index contributed by atoms with van der Waals surface area (Å²) >= 11 is 1.90. The number of aromatic nitrogens is 2. The number of rotatable bonds is 3. The van der Waals surface area contributed by atoms with Gasteiger partial charge in [-0.2, -0.15) is 0 Å². The van der Waals surface area contributed by atoms with Gasteiger partial charge in [0.15, 0.2) is 0 Å². The van der Waals surface area contributed by atoms with Crippen molar-refractivity contribution in [1.82, 2.24) is 15.1 Å². The third kappa shape index (κ3) is 2.71. The first-order valence-electron chi connectivity index (χ1n) is 7.94. The average Bonchev–Trinajstić information content (AvgIpc) is 3.21. The average molecular weight is 319 g/mol. The summed E-state index contributed by atoms with van der Waals surface area (Å²) in [5.74, 6) is 1.25. The number of fused-ring (bicyclic) bond motifs is 1. The molecule has 2 saturated heterocycles. The van der Waals surface area contributed by atoms with Gasteiger partial charge in [0.25, 0.3) is 0 Å². The minimum atomic E-state index is -0.0219. The third-order valence-electron chi connectivity index (χ3n) is 4.63. The number of likely N-dealkylation sites (tertiary alicyclic amines) is 1. The van der Waals surface area contributed by atoms with Crippen molar-refractivity contribution in [3.8, 4) is 0 Å². The highest BCUT2D eigenvalue weighted by Crippen LogP contribution is 2.38. The van der Waals surface area contributed by atoms with Gasteiger partial charge in [-0.05, 0) is 38.3 Å². The molecule has 2 aromatic heterocycles. The number of nitrogens with zero attached hydrogens (tertiary/aromatic N) is 3. The van der Waals surface area contributed by atoms with E-state index in [0.29, 0.717) is 23.9 Å². The second kappa shape index (κ2) is 5.76. The van der Waals surface area contributed by atoms with Crippen LogP contribution in [-0.4, -0.2) is 33.8 Å². The van der Waals surface area contributed by atoms with Crippen LogP contribution in [-0.2, 0) is 11.3 Å². The largest absolute Gasteiger partial charge is 0.423 e. The molecule has 0 aromatic carbocycles. The molecular formula is C16H21N3O2S. The topological polar surface area (TPSA) is 51.4 Å². The van der Waals surface area contributed by atoms with Crippen molar-refractivity contribution in [3.05, 3.63) is 33.7 Å². The fourth-order valence-corrected chi connectivity index (χ4v) is 4.52. The number of aryl methyl sites for hydroxylation is 2. The maximum absolute atomic E-state index is 6.25. The lowest BCUT2D eigenvalue weighted by atomic mass is 9.99. The highest BCUT2D eigenvalue weighted by molar-refractivity contribution is 7.11. The highest BCUT2D eigenvalue weighted by Gasteiger charge is 2.41. The molecule has 0 saturated carbocycles. The molecule has 22 heavy (non-hydrogen) atoms. The minimum absolute atomic E-state index is 0.0219. The van der Waals surface area contributed by atoms with E-state index in [2.05, 4.69) is 34.2 Å². The highest BCUT2D eigenvalue weighted by atomic mass is 32.1. The van der Waals surface area contributed by atoms with Crippen LogP contribution in [0.1, 0.15) is 46.9 Å². The van der Waals surface area contributed by atoms with Crippen LogP contribution < -0.4 is 0 Å². The van der Waals surface area contributed by atoms with Crippen molar-refractivity contribution in [3.63, 3.8) is 0 Å². The Balaban J connectivity index is 1.41. The number of ether oxygens (including phenoxy) is 1. The predicted molar refractivity (Wildman–Crippen MR) is 83.8 cm³/mol. The summed E-state index contributed by atoms with van der Waals surface area (Å²) in [5.41, 5.74) is 0. The summed E-state index contributed by atoms with van der Waals surface area (Å²) in [7, 11) is 0. The van der Waals surface area contributed by atoms with Crippen molar-refractivity contribution in [2.75, 3.05) is 6.54 Å². The minimum Gasteiger partial charge on any atom is -0.423 e. The van der Waals surface area contributed by atoms with E-state index in [1.165, 1.54) is 9.75 Å². The van der Waals surface area contributed by atoms with Gasteiger partial charge in [-0.15, -0.1) is 21.5 Å². The van der Waals surface area contributed by atoms with Crippen molar-refractivity contribution in [1.29, 1.82) is 0 Å². The molecule has 2 aromatic rings. The number of hydrogen-bond acceptors (Lipinski definition) is 6. The van der Waals surface area contributed by atoms with Gasteiger partial charge >= 0.3 is 0 Å². The van der Waals surface area contributed by atoms with Crippen molar-refractivity contribution >= 4 is 11.3 Å². The lowest BCUT2D eigenvalue weighted by molar-refractivity contribution is -0.0817. The standard InChI is InChI=1S/C16H21N3O2S/c1-10-3-4-12(22-10)9-19-8-7-14-13(19)5-6-15(21-14)16-18-17-11(2)20-16/h3-4,13-15H,5-9H2,1-2H3/t13-,14-,15+/m1/s1. The first kappa shape index (κ1) is 14.4. The molecule has 2 aliphatic rings. The summed E-state index contributed by atoms with van der Waals surface area (Å²) < 4.78 is 11.8. The fraction of sp³-hybridized carbons (Fsp3) is 0.625. The normalized spacial score (nSPS) is 28.9. The molecule has 0 N–H and O–H groups in total. The Labute approximate surface area is 134 Å². The van der Waals surface area contributed by atoms with Gasteiger partial charge in [0.2, 0.25) is 11.8 Å². The monoisotopic (exact) mass is 319 g/mol. The second-order valence-electron chi connectivity index (χ2n) is 6.24. The third-order valence-corrected chi connectivity index (χ3v) is 5.62. The molecule has 0 unspecified atom stereocenters. The van der Waals surface area contributed by atoms with Gasteiger partial charge in [-0.3, -0.25) is 4.90 Å².